The van der Waals surface area contributed by atoms with Crippen LogP contribution in [0.25, 0.3) is 0 Å². The van der Waals surface area contributed by atoms with E-state index in [0.29, 0.717) is 24.6 Å². The number of aromatic hydroxyl groups is 2. The van der Waals surface area contributed by atoms with Crippen LogP contribution >= 0.6 is 0 Å². The first-order valence-corrected chi connectivity index (χ1v) is 16.9. The minimum atomic E-state index is -1.06. The summed E-state index contributed by atoms with van der Waals surface area (Å²) in [5, 5.41) is 50.9. The molecular formula is C38H46MgN4O6. The van der Waals surface area contributed by atoms with Crippen molar-refractivity contribution < 1.29 is 30.0 Å². The monoisotopic (exact) mass is 678 g/mol. The summed E-state index contributed by atoms with van der Waals surface area (Å²) < 4.78 is 3.52. The van der Waals surface area contributed by atoms with Gasteiger partial charge in [0, 0.05) is 73.2 Å². The quantitative estimate of drug-likeness (QED) is 0.243. The van der Waals surface area contributed by atoms with E-state index in [2.05, 4.69) is 22.3 Å². The zero-order valence-corrected chi connectivity index (χ0v) is 31.1. The molecule has 0 amide bonds. The fraction of sp³-hybridized carbons (Fsp3) is 0.474. The van der Waals surface area contributed by atoms with Crippen LogP contribution in [0.5, 0.6) is 11.5 Å². The molecule has 0 unspecified atom stereocenters. The van der Waals surface area contributed by atoms with E-state index in [-0.39, 0.29) is 35.9 Å². The number of hydrogen-bond acceptors (Lipinski definition) is 8. The maximum atomic E-state index is 10.7. The van der Waals surface area contributed by atoms with Crippen LogP contribution in [0.3, 0.4) is 0 Å². The number of carboxylic acid groups (broad SMARTS) is 2. The Morgan fingerprint density at radius 1 is 0.653 bits per heavy atom. The number of aliphatic carboxylic acids is 2. The molecule has 0 saturated heterocycles. The molecule has 10 nitrogen and oxygen atoms in total. The van der Waals surface area contributed by atoms with Gasteiger partial charge in [-0.1, -0.05) is 12.1 Å². The van der Waals surface area contributed by atoms with Gasteiger partial charge in [-0.2, -0.15) is 10.2 Å². The van der Waals surface area contributed by atoms with E-state index in [1.165, 1.54) is 22.3 Å². The second kappa shape index (κ2) is 15.8. The summed E-state index contributed by atoms with van der Waals surface area (Å²) in [6.07, 6.45) is 7.55. The smallest absolute Gasteiger partial charge is 0.550 e. The van der Waals surface area contributed by atoms with E-state index < -0.39 is 11.9 Å². The second-order valence-electron chi connectivity index (χ2n) is 13.4. The summed E-state index contributed by atoms with van der Waals surface area (Å²) in [7, 11) is 0. The van der Waals surface area contributed by atoms with E-state index in [1.54, 1.807) is 9.36 Å². The first-order chi connectivity index (χ1) is 22.8. The number of carboxylic acids is 2. The number of aryl methyl sites for hydroxylation is 6. The van der Waals surface area contributed by atoms with Gasteiger partial charge in [0.1, 0.15) is 11.5 Å². The Balaban J connectivity index is 0.000000216. The normalized spacial score (nSPS) is 13.0. The number of phenolic OH excluding ortho intramolecular Hbond substituents is 2. The minimum absolute atomic E-state index is 0. The van der Waals surface area contributed by atoms with Gasteiger partial charge in [0.2, 0.25) is 0 Å². The number of phenols is 2. The van der Waals surface area contributed by atoms with Crippen LogP contribution in [0.15, 0.2) is 12.1 Å². The molecule has 11 heteroatoms. The molecule has 2 aromatic carbocycles. The van der Waals surface area contributed by atoms with Crippen LogP contribution < -0.4 is 10.2 Å². The van der Waals surface area contributed by atoms with Gasteiger partial charge < -0.3 is 30.0 Å². The Bertz CT molecular complexity index is 1750. The van der Waals surface area contributed by atoms with Gasteiger partial charge in [-0.25, -0.2) is 0 Å². The Morgan fingerprint density at radius 3 is 1.35 bits per heavy atom. The Morgan fingerprint density at radius 2 is 1.00 bits per heavy atom. The number of rotatable bonds is 10. The van der Waals surface area contributed by atoms with Crippen LogP contribution in [0, 0.1) is 41.5 Å². The number of nitrogens with zero attached hydrogens (tertiary/aromatic N) is 4. The molecule has 0 saturated carbocycles. The molecule has 4 aromatic rings. The average Bonchev–Trinajstić information content (AvgIpc) is 3.82. The summed E-state index contributed by atoms with van der Waals surface area (Å²) in [6, 6.07) is 4.16. The Hall–Kier alpha value is -3.83. The molecule has 2 aliphatic rings. The number of carbonyl (C=O) groups is 2. The maximum Gasteiger partial charge on any atom is 2.00 e. The van der Waals surface area contributed by atoms with E-state index in [1.807, 2.05) is 41.5 Å². The molecule has 2 N–H and O–H groups in total. The van der Waals surface area contributed by atoms with Crippen molar-refractivity contribution in [3.63, 3.8) is 0 Å². The van der Waals surface area contributed by atoms with Gasteiger partial charge in [-0.3, -0.25) is 9.36 Å². The van der Waals surface area contributed by atoms with E-state index in [0.717, 1.165) is 108 Å². The molecule has 0 spiro atoms. The van der Waals surface area contributed by atoms with Crippen molar-refractivity contribution in [1.82, 2.24) is 19.6 Å². The van der Waals surface area contributed by atoms with Crippen LogP contribution in [0.4, 0.5) is 0 Å². The molecular weight excluding hydrogens is 633 g/mol. The molecule has 6 rings (SSSR count). The Labute approximate surface area is 304 Å². The van der Waals surface area contributed by atoms with E-state index in [4.69, 9.17) is 0 Å². The van der Waals surface area contributed by atoms with Gasteiger partial charge in [0.05, 0.1) is 11.4 Å². The zero-order chi connectivity index (χ0) is 34.9. The fourth-order valence-corrected chi connectivity index (χ4v) is 7.53. The van der Waals surface area contributed by atoms with Crippen molar-refractivity contribution in [3.05, 3.63) is 90.5 Å². The molecule has 49 heavy (non-hydrogen) atoms. The standard InChI is InChI=1S/2C19H24N2O3.Mg/c2*1-11-9-14(15-5-4-6-16(15)19(11)24)10-17-12(2)20-21(13(17)3)8-7-18(22)23;/h2*9,24H,4-8,10H2,1-3H3,(H,22,23);/q;;+2/p-2. The van der Waals surface area contributed by atoms with Crippen molar-refractivity contribution in [2.45, 2.75) is 119 Å². The van der Waals surface area contributed by atoms with Gasteiger partial charge in [-0.05, 0) is 125 Å². The molecule has 2 aliphatic carbocycles. The first-order valence-electron chi connectivity index (χ1n) is 16.9. The van der Waals surface area contributed by atoms with Crippen molar-refractivity contribution in [2.24, 2.45) is 0 Å². The van der Waals surface area contributed by atoms with Gasteiger partial charge >= 0.3 is 23.1 Å². The van der Waals surface area contributed by atoms with Crippen LogP contribution in [0.2, 0.25) is 0 Å². The average molecular weight is 679 g/mol. The van der Waals surface area contributed by atoms with Gasteiger partial charge in [-0.15, -0.1) is 0 Å². The van der Waals surface area contributed by atoms with Gasteiger partial charge in [0.15, 0.2) is 0 Å². The summed E-state index contributed by atoms with van der Waals surface area (Å²) in [4.78, 5) is 21.4. The summed E-state index contributed by atoms with van der Waals surface area (Å²) >= 11 is 0. The summed E-state index contributed by atoms with van der Waals surface area (Å²) in [5.74, 6) is -1.22. The topological polar surface area (TPSA) is 156 Å². The molecule has 2 aromatic heterocycles. The molecule has 2 heterocycles. The van der Waals surface area contributed by atoms with Crippen LogP contribution in [0.1, 0.15) is 104 Å². The first kappa shape index (κ1) is 38.0. The Kier molecular flexibility index (Phi) is 12.2. The molecule has 256 valence electrons. The molecule has 0 bridgehead atoms. The third-order valence-corrected chi connectivity index (χ3v) is 10.2. The SMILES string of the molecule is Cc1cc(Cc2c(C)nn(CCC(=O)[O-])c2C)c2c(c1O)CCC2.Cc1cc(Cc2c(C)nn(CCC(=O)[O-])c2C)c2c(c1O)CCC2.[Mg+2]. The molecule has 0 radical (unpaired) electrons. The van der Waals surface area contributed by atoms with Crippen molar-refractivity contribution in [1.29, 1.82) is 0 Å². The van der Waals surface area contributed by atoms with Gasteiger partial charge in [0.25, 0.3) is 0 Å². The van der Waals surface area contributed by atoms with Crippen LogP contribution in [-0.4, -0.2) is 64.8 Å². The predicted molar refractivity (Wildman–Crippen MR) is 184 cm³/mol. The second-order valence-corrected chi connectivity index (χ2v) is 13.4. The van der Waals surface area contributed by atoms with Crippen molar-refractivity contribution in [2.75, 3.05) is 0 Å². The number of aromatic nitrogens is 4. The molecule has 0 atom stereocenters. The number of carbonyl (C=O) groups excluding carboxylic acids is 2. The maximum absolute atomic E-state index is 10.7. The largest absolute Gasteiger partial charge is 2.00 e. The minimum Gasteiger partial charge on any atom is -0.550 e. The van der Waals surface area contributed by atoms with Crippen molar-refractivity contribution >= 4 is 35.0 Å². The zero-order valence-electron chi connectivity index (χ0n) is 29.7. The predicted octanol–water partition coefficient (Wildman–Crippen LogP) is 3.09. The third-order valence-electron chi connectivity index (χ3n) is 10.2. The molecule has 0 fully saturated rings. The number of hydrogen-bond donors (Lipinski definition) is 2. The summed E-state index contributed by atoms with van der Waals surface area (Å²) in [5.41, 5.74) is 15.3. The van der Waals surface area contributed by atoms with E-state index >= 15 is 0 Å². The number of benzene rings is 2. The van der Waals surface area contributed by atoms with Crippen molar-refractivity contribution in [3.8, 4) is 11.5 Å². The molecule has 0 aliphatic heterocycles. The fourth-order valence-electron chi connectivity index (χ4n) is 7.53. The summed E-state index contributed by atoms with van der Waals surface area (Å²) in [6.45, 7) is 12.5. The number of fused-ring (bicyclic) bond motifs is 2. The van der Waals surface area contributed by atoms with Crippen LogP contribution in [-0.2, 0) is 61.2 Å². The third kappa shape index (κ3) is 8.15. The van der Waals surface area contributed by atoms with E-state index in [9.17, 15) is 30.0 Å².